The Balaban J connectivity index is 2.07. The molecule has 0 saturated heterocycles. The molecule has 19 heavy (non-hydrogen) atoms. The van der Waals surface area contributed by atoms with Gasteiger partial charge in [-0.15, -0.1) is 0 Å². The minimum Gasteiger partial charge on any atom is -0.507 e. The molecule has 1 fully saturated rings. The van der Waals surface area contributed by atoms with Crippen LogP contribution in [0.15, 0.2) is 18.2 Å². The topological polar surface area (TPSA) is 58.6 Å². The number of hydrogen-bond donors (Lipinski definition) is 2. The van der Waals surface area contributed by atoms with Crippen molar-refractivity contribution in [2.24, 2.45) is 5.92 Å². The SMILES string of the molecule is COc1ccc(C(=O)NC2CCCCC2C)c(O)c1. The number of ether oxygens (including phenoxy) is 1. The van der Waals surface area contributed by atoms with Crippen molar-refractivity contribution in [2.75, 3.05) is 7.11 Å². The number of amides is 1. The fourth-order valence-corrected chi connectivity index (χ4v) is 2.61. The van der Waals surface area contributed by atoms with Crippen LogP contribution in [-0.2, 0) is 0 Å². The van der Waals surface area contributed by atoms with Gasteiger partial charge in [-0.1, -0.05) is 19.8 Å². The van der Waals surface area contributed by atoms with E-state index in [-0.39, 0.29) is 17.7 Å². The number of carbonyl (C=O) groups is 1. The van der Waals surface area contributed by atoms with Crippen LogP contribution in [0.4, 0.5) is 0 Å². The summed E-state index contributed by atoms with van der Waals surface area (Å²) in [4.78, 5) is 12.2. The number of phenolic OH excluding ortho intramolecular Hbond substituents is 1. The van der Waals surface area contributed by atoms with Gasteiger partial charge in [0.1, 0.15) is 11.5 Å². The van der Waals surface area contributed by atoms with Gasteiger partial charge in [0, 0.05) is 12.1 Å². The van der Waals surface area contributed by atoms with Crippen molar-refractivity contribution in [1.29, 1.82) is 0 Å². The Morgan fingerprint density at radius 1 is 1.37 bits per heavy atom. The first-order chi connectivity index (χ1) is 9.11. The van der Waals surface area contributed by atoms with E-state index in [0.29, 0.717) is 17.2 Å². The van der Waals surface area contributed by atoms with E-state index in [1.165, 1.54) is 19.6 Å². The molecular weight excluding hydrogens is 242 g/mol. The smallest absolute Gasteiger partial charge is 0.255 e. The van der Waals surface area contributed by atoms with Gasteiger partial charge in [-0.3, -0.25) is 4.79 Å². The zero-order chi connectivity index (χ0) is 13.8. The lowest BCUT2D eigenvalue weighted by Crippen LogP contribution is -2.41. The van der Waals surface area contributed by atoms with E-state index in [1.807, 2.05) is 0 Å². The molecule has 1 amide bonds. The molecule has 2 unspecified atom stereocenters. The van der Waals surface area contributed by atoms with Gasteiger partial charge in [0.15, 0.2) is 0 Å². The number of methoxy groups -OCH3 is 1. The van der Waals surface area contributed by atoms with E-state index < -0.39 is 0 Å². The molecule has 0 aliphatic heterocycles. The van der Waals surface area contributed by atoms with E-state index in [1.54, 1.807) is 12.1 Å². The maximum absolute atomic E-state index is 12.2. The molecule has 0 spiro atoms. The first-order valence-corrected chi connectivity index (χ1v) is 6.79. The lowest BCUT2D eigenvalue weighted by molar-refractivity contribution is 0.0907. The molecule has 2 rings (SSSR count). The first-order valence-electron chi connectivity index (χ1n) is 6.79. The van der Waals surface area contributed by atoms with Gasteiger partial charge in [-0.25, -0.2) is 0 Å². The molecule has 0 aromatic heterocycles. The fraction of sp³-hybridized carbons (Fsp3) is 0.533. The van der Waals surface area contributed by atoms with Crippen LogP contribution in [0.2, 0.25) is 0 Å². The maximum Gasteiger partial charge on any atom is 0.255 e. The van der Waals surface area contributed by atoms with Crippen LogP contribution in [0, 0.1) is 5.92 Å². The molecule has 2 N–H and O–H groups in total. The summed E-state index contributed by atoms with van der Waals surface area (Å²) in [6, 6.07) is 4.94. The zero-order valence-electron chi connectivity index (χ0n) is 11.5. The van der Waals surface area contributed by atoms with Crippen molar-refractivity contribution >= 4 is 5.91 Å². The number of hydrogen-bond acceptors (Lipinski definition) is 3. The summed E-state index contributed by atoms with van der Waals surface area (Å²) < 4.78 is 5.01. The standard InChI is InChI=1S/C15H21NO3/c1-10-5-3-4-6-13(10)16-15(18)12-8-7-11(19-2)9-14(12)17/h7-10,13,17H,3-6H2,1-2H3,(H,16,18). The summed E-state index contributed by atoms with van der Waals surface area (Å²) in [7, 11) is 1.53. The second-order valence-corrected chi connectivity index (χ2v) is 5.22. The summed E-state index contributed by atoms with van der Waals surface area (Å²) in [5, 5.41) is 12.9. The Hall–Kier alpha value is -1.71. The molecule has 2 atom stereocenters. The van der Waals surface area contributed by atoms with Gasteiger partial charge in [0.25, 0.3) is 5.91 Å². The van der Waals surface area contributed by atoms with Crippen LogP contribution in [0.3, 0.4) is 0 Å². The van der Waals surface area contributed by atoms with Crippen molar-refractivity contribution in [3.05, 3.63) is 23.8 Å². The predicted octanol–water partition coefficient (Wildman–Crippen LogP) is 2.71. The van der Waals surface area contributed by atoms with Gasteiger partial charge in [-0.2, -0.15) is 0 Å². The first kappa shape index (κ1) is 13.7. The minimum absolute atomic E-state index is 0.0414. The molecule has 1 aromatic rings. The molecule has 4 heteroatoms. The van der Waals surface area contributed by atoms with E-state index in [4.69, 9.17) is 4.74 Å². The van der Waals surface area contributed by atoms with Crippen molar-refractivity contribution < 1.29 is 14.6 Å². The van der Waals surface area contributed by atoms with E-state index in [0.717, 1.165) is 19.3 Å². The van der Waals surface area contributed by atoms with E-state index >= 15 is 0 Å². The lowest BCUT2D eigenvalue weighted by atomic mass is 9.86. The molecule has 4 nitrogen and oxygen atoms in total. The third-order valence-corrected chi connectivity index (χ3v) is 3.88. The molecule has 0 radical (unpaired) electrons. The highest BCUT2D eigenvalue weighted by molar-refractivity contribution is 5.97. The third-order valence-electron chi connectivity index (χ3n) is 3.88. The third kappa shape index (κ3) is 3.19. The van der Waals surface area contributed by atoms with E-state index in [9.17, 15) is 9.90 Å². The van der Waals surface area contributed by atoms with Crippen molar-refractivity contribution in [3.8, 4) is 11.5 Å². The zero-order valence-corrected chi connectivity index (χ0v) is 11.5. The Labute approximate surface area is 113 Å². The average molecular weight is 263 g/mol. The quantitative estimate of drug-likeness (QED) is 0.881. The van der Waals surface area contributed by atoms with E-state index in [2.05, 4.69) is 12.2 Å². The number of rotatable bonds is 3. The molecule has 104 valence electrons. The van der Waals surface area contributed by atoms with Crippen LogP contribution >= 0.6 is 0 Å². The molecule has 1 aliphatic rings. The number of phenols is 1. The highest BCUT2D eigenvalue weighted by atomic mass is 16.5. The van der Waals surface area contributed by atoms with Crippen LogP contribution in [0.1, 0.15) is 43.0 Å². The van der Waals surface area contributed by atoms with Gasteiger partial charge >= 0.3 is 0 Å². The van der Waals surface area contributed by atoms with Crippen LogP contribution in [0.25, 0.3) is 0 Å². The number of benzene rings is 1. The second kappa shape index (κ2) is 5.95. The highest BCUT2D eigenvalue weighted by Crippen LogP contribution is 2.26. The molecule has 0 heterocycles. The molecule has 1 aromatic carbocycles. The Morgan fingerprint density at radius 2 is 2.11 bits per heavy atom. The Bertz CT molecular complexity index is 459. The summed E-state index contributed by atoms with van der Waals surface area (Å²) in [6.07, 6.45) is 4.56. The summed E-state index contributed by atoms with van der Waals surface area (Å²) in [6.45, 7) is 2.16. The van der Waals surface area contributed by atoms with Crippen LogP contribution < -0.4 is 10.1 Å². The van der Waals surface area contributed by atoms with Gasteiger partial charge in [-0.05, 0) is 30.9 Å². The molecule has 0 bridgehead atoms. The number of nitrogens with one attached hydrogen (secondary N) is 1. The fourth-order valence-electron chi connectivity index (χ4n) is 2.61. The maximum atomic E-state index is 12.2. The van der Waals surface area contributed by atoms with Crippen LogP contribution in [0.5, 0.6) is 11.5 Å². The summed E-state index contributed by atoms with van der Waals surface area (Å²) in [5.74, 6) is 0.789. The summed E-state index contributed by atoms with van der Waals surface area (Å²) in [5.41, 5.74) is 0.304. The minimum atomic E-state index is -0.209. The lowest BCUT2D eigenvalue weighted by Gasteiger charge is -2.29. The monoisotopic (exact) mass is 263 g/mol. The van der Waals surface area contributed by atoms with Crippen LogP contribution in [-0.4, -0.2) is 24.2 Å². The highest BCUT2D eigenvalue weighted by Gasteiger charge is 2.24. The molecule has 1 aliphatic carbocycles. The van der Waals surface area contributed by atoms with Crippen molar-refractivity contribution in [1.82, 2.24) is 5.32 Å². The molecular formula is C15H21NO3. The Kier molecular flexibility index (Phi) is 4.30. The average Bonchev–Trinajstić information content (AvgIpc) is 2.41. The summed E-state index contributed by atoms with van der Waals surface area (Å²) >= 11 is 0. The van der Waals surface area contributed by atoms with Gasteiger partial charge < -0.3 is 15.2 Å². The van der Waals surface area contributed by atoms with Gasteiger partial charge in [0.2, 0.25) is 0 Å². The largest absolute Gasteiger partial charge is 0.507 e. The normalized spacial score (nSPS) is 22.8. The number of aromatic hydroxyl groups is 1. The predicted molar refractivity (Wildman–Crippen MR) is 73.5 cm³/mol. The number of carbonyl (C=O) groups excluding carboxylic acids is 1. The van der Waals surface area contributed by atoms with Crippen molar-refractivity contribution in [2.45, 2.75) is 38.6 Å². The second-order valence-electron chi connectivity index (χ2n) is 5.22. The van der Waals surface area contributed by atoms with Gasteiger partial charge in [0.05, 0.1) is 12.7 Å². The molecule has 1 saturated carbocycles. The van der Waals surface area contributed by atoms with Crippen molar-refractivity contribution in [3.63, 3.8) is 0 Å². The Morgan fingerprint density at radius 3 is 2.74 bits per heavy atom.